The van der Waals surface area contributed by atoms with Crippen molar-refractivity contribution in [2.45, 2.75) is 26.4 Å². The maximum absolute atomic E-state index is 12.4. The predicted molar refractivity (Wildman–Crippen MR) is 121 cm³/mol. The van der Waals surface area contributed by atoms with Crippen molar-refractivity contribution in [1.82, 2.24) is 5.32 Å². The number of hydrogen-bond donors (Lipinski definition) is 1. The van der Waals surface area contributed by atoms with Crippen LogP contribution < -0.4 is 23.8 Å². The lowest BCUT2D eigenvalue weighted by Gasteiger charge is -2.22. The molecule has 0 fully saturated rings. The molecule has 0 radical (unpaired) electrons. The van der Waals surface area contributed by atoms with Gasteiger partial charge in [0.25, 0.3) is 0 Å². The number of rotatable bonds is 11. The van der Waals surface area contributed by atoms with Gasteiger partial charge in [-0.05, 0) is 62.2 Å². The highest BCUT2D eigenvalue weighted by Crippen LogP contribution is 2.27. The average Bonchev–Trinajstić information content (AvgIpc) is 2.71. The van der Waals surface area contributed by atoms with Gasteiger partial charge in [0.15, 0.2) is 11.5 Å². The maximum atomic E-state index is 12.4. The first-order valence-corrected chi connectivity index (χ1v) is 11.7. The van der Waals surface area contributed by atoms with Crippen LogP contribution in [0.3, 0.4) is 0 Å². The van der Waals surface area contributed by atoms with Crippen molar-refractivity contribution in [1.29, 1.82) is 0 Å². The molecule has 2 aromatic rings. The molecule has 8 nitrogen and oxygen atoms in total. The van der Waals surface area contributed by atoms with Crippen molar-refractivity contribution >= 4 is 21.6 Å². The number of nitrogens with one attached hydrogen (secondary N) is 1. The summed E-state index contributed by atoms with van der Waals surface area (Å²) in [6.45, 7) is 3.86. The average molecular weight is 451 g/mol. The van der Waals surface area contributed by atoms with Gasteiger partial charge in [-0.1, -0.05) is 6.07 Å². The lowest BCUT2D eigenvalue weighted by atomic mass is 10.1. The van der Waals surface area contributed by atoms with Crippen LogP contribution in [0.5, 0.6) is 17.2 Å². The number of methoxy groups -OCH3 is 2. The van der Waals surface area contributed by atoms with Crippen LogP contribution in [-0.2, 0) is 21.2 Å². The van der Waals surface area contributed by atoms with Gasteiger partial charge in [0.2, 0.25) is 15.9 Å². The monoisotopic (exact) mass is 450 g/mol. The minimum atomic E-state index is -3.64. The molecule has 9 heteroatoms. The standard InChI is InChI=1S/C22H30N2O6S/c1-16(2)30-19-9-7-18(8-10-19)24(31(5,26)27)15-22(25)23-13-12-17-6-11-20(28-3)21(14-17)29-4/h6-11,14,16H,12-13,15H2,1-5H3,(H,23,25). The van der Waals surface area contributed by atoms with Crippen LogP contribution in [0, 0.1) is 0 Å². The largest absolute Gasteiger partial charge is 0.493 e. The quantitative estimate of drug-likeness (QED) is 0.566. The molecule has 0 aliphatic rings. The third-order valence-electron chi connectivity index (χ3n) is 4.37. The molecule has 0 atom stereocenters. The van der Waals surface area contributed by atoms with E-state index in [1.165, 1.54) is 0 Å². The molecule has 0 saturated carbocycles. The molecule has 2 aromatic carbocycles. The molecule has 170 valence electrons. The number of hydrogen-bond acceptors (Lipinski definition) is 6. The summed E-state index contributed by atoms with van der Waals surface area (Å²) in [5, 5.41) is 2.77. The normalized spacial score (nSPS) is 11.2. The first-order valence-electron chi connectivity index (χ1n) is 9.86. The zero-order valence-corrected chi connectivity index (χ0v) is 19.4. The Bertz CT molecular complexity index is 974. The van der Waals surface area contributed by atoms with Gasteiger partial charge in [-0.15, -0.1) is 0 Å². The number of sulfonamides is 1. The Morgan fingerprint density at radius 2 is 1.68 bits per heavy atom. The highest BCUT2D eigenvalue weighted by Gasteiger charge is 2.21. The third-order valence-corrected chi connectivity index (χ3v) is 5.51. The van der Waals surface area contributed by atoms with Gasteiger partial charge in [-0.25, -0.2) is 8.42 Å². The first-order chi connectivity index (χ1) is 14.6. The topological polar surface area (TPSA) is 94.2 Å². The van der Waals surface area contributed by atoms with E-state index in [2.05, 4.69) is 5.32 Å². The molecule has 2 rings (SSSR count). The molecule has 1 amide bonds. The van der Waals surface area contributed by atoms with Crippen LogP contribution in [0.1, 0.15) is 19.4 Å². The van der Waals surface area contributed by atoms with Gasteiger partial charge in [0.1, 0.15) is 12.3 Å². The Kier molecular flexibility index (Phi) is 8.56. The molecule has 0 saturated heterocycles. The highest BCUT2D eigenvalue weighted by atomic mass is 32.2. The van der Waals surface area contributed by atoms with Gasteiger partial charge in [-0.3, -0.25) is 9.10 Å². The first kappa shape index (κ1) is 24.3. The van der Waals surface area contributed by atoms with Gasteiger partial charge in [-0.2, -0.15) is 0 Å². The second kappa shape index (κ2) is 10.9. The van der Waals surface area contributed by atoms with E-state index >= 15 is 0 Å². The third kappa shape index (κ3) is 7.36. The summed E-state index contributed by atoms with van der Waals surface area (Å²) in [7, 11) is -0.516. The van der Waals surface area contributed by atoms with Crippen LogP contribution in [0.4, 0.5) is 5.69 Å². The Balaban J connectivity index is 1.99. The highest BCUT2D eigenvalue weighted by molar-refractivity contribution is 7.92. The second-order valence-electron chi connectivity index (χ2n) is 7.22. The van der Waals surface area contributed by atoms with E-state index < -0.39 is 15.9 Å². The van der Waals surface area contributed by atoms with Gasteiger partial charge in [0.05, 0.1) is 32.3 Å². The zero-order valence-electron chi connectivity index (χ0n) is 18.5. The minimum absolute atomic E-state index is 0.00769. The molecule has 0 unspecified atom stereocenters. The molecule has 1 N–H and O–H groups in total. The molecule has 0 aliphatic heterocycles. The van der Waals surface area contributed by atoms with E-state index in [1.54, 1.807) is 44.6 Å². The Morgan fingerprint density at radius 3 is 2.23 bits per heavy atom. The van der Waals surface area contributed by atoms with Crippen LogP contribution >= 0.6 is 0 Å². The van der Waals surface area contributed by atoms with Crippen molar-refractivity contribution < 1.29 is 27.4 Å². The number of ether oxygens (including phenoxy) is 3. The molecule has 0 aromatic heterocycles. The van der Waals surface area contributed by atoms with E-state index in [0.29, 0.717) is 35.9 Å². The maximum Gasteiger partial charge on any atom is 0.240 e. The fourth-order valence-electron chi connectivity index (χ4n) is 2.93. The SMILES string of the molecule is COc1ccc(CCNC(=O)CN(c2ccc(OC(C)C)cc2)S(C)(=O)=O)cc1OC. The summed E-state index contributed by atoms with van der Waals surface area (Å²) in [6.07, 6.45) is 1.64. The van der Waals surface area contributed by atoms with Crippen molar-refractivity contribution in [3.8, 4) is 17.2 Å². The smallest absolute Gasteiger partial charge is 0.240 e. The van der Waals surface area contributed by atoms with E-state index in [-0.39, 0.29) is 12.6 Å². The number of carbonyl (C=O) groups excluding carboxylic acids is 1. The van der Waals surface area contributed by atoms with E-state index in [1.807, 2.05) is 26.0 Å². The molecule has 0 spiro atoms. The van der Waals surface area contributed by atoms with Crippen molar-refractivity contribution in [2.24, 2.45) is 0 Å². The molecular formula is C22H30N2O6S. The lowest BCUT2D eigenvalue weighted by molar-refractivity contribution is -0.119. The summed E-state index contributed by atoms with van der Waals surface area (Å²) in [5.41, 5.74) is 1.35. The Morgan fingerprint density at radius 1 is 1.03 bits per heavy atom. The second-order valence-corrected chi connectivity index (χ2v) is 9.13. The molecule has 31 heavy (non-hydrogen) atoms. The summed E-state index contributed by atoms with van der Waals surface area (Å²) < 4.78 is 41.6. The number of amides is 1. The van der Waals surface area contributed by atoms with Crippen molar-refractivity contribution in [3.05, 3.63) is 48.0 Å². The molecule has 0 heterocycles. The van der Waals surface area contributed by atoms with Crippen molar-refractivity contribution in [2.75, 3.05) is 37.9 Å². The van der Waals surface area contributed by atoms with Crippen LogP contribution in [0.2, 0.25) is 0 Å². The summed E-state index contributed by atoms with van der Waals surface area (Å²) in [4.78, 5) is 12.4. The van der Waals surface area contributed by atoms with Gasteiger partial charge < -0.3 is 19.5 Å². The fraction of sp³-hybridized carbons (Fsp3) is 0.409. The minimum Gasteiger partial charge on any atom is -0.493 e. The van der Waals surface area contributed by atoms with E-state index in [9.17, 15) is 13.2 Å². The molecule has 0 bridgehead atoms. The van der Waals surface area contributed by atoms with Gasteiger partial charge >= 0.3 is 0 Å². The van der Waals surface area contributed by atoms with Crippen LogP contribution in [-0.4, -0.2) is 54.0 Å². The molecular weight excluding hydrogens is 420 g/mol. The van der Waals surface area contributed by atoms with Crippen LogP contribution in [0.25, 0.3) is 0 Å². The summed E-state index contributed by atoms with van der Waals surface area (Å²) >= 11 is 0. The lowest BCUT2D eigenvalue weighted by Crippen LogP contribution is -2.40. The fourth-order valence-corrected chi connectivity index (χ4v) is 3.79. The van der Waals surface area contributed by atoms with Gasteiger partial charge in [0, 0.05) is 6.54 Å². The summed E-state index contributed by atoms with van der Waals surface area (Å²) in [5.74, 6) is 1.48. The van der Waals surface area contributed by atoms with E-state index in [0.717, 1.165) is 16.1 Å². The number of anilines is 1. The van der Waals surface area contributed by atoms with Crippen LogP contribution in [0.15, 0.2) is 42.5 Å². The number of benzene rings is 2. The Labute approximate surface area is 184 Å². The zero-order chi connectivity index (χ0) is 23.0. The molecule has 0 aliphatic carbocycles. The van der Waals surface area contributed by atoms with Crippen molar-refractivity contribution in [3.63, 3.8) is 0 Å². The summed E-state index contributed by atoms with van der Waals surface area (Å²) in [6, 6.07) is 12.1. The van der Waals surface area contributed by atoms with E-state index in [4.69, 9.17) is 14.2 Å². The number of carbonyl (C=O) groups is 1. The predicted octanol–water partition coefficient (Wildman–Crippen LogP) is 2.62. The Hall–Kier alpha value is -2.94. The number of nitrogens with zero attached hydrogens (tertiary/aromatic N) is 1.